The summed E-state index contributed by atoms with van der Waals surface area (Å²) in [5, 5.41) is 14.1. The average molecular weight is 423 g/mol. The molecular weight excluding hydrogens is 380 g/mol. The molecule has 0 aliphatic heterocycles. The zero-order valence-electron chi connectivity index (χ0n) is 20.2. The van der Waals surface area contributed by atoms with Crippen molar-refractivity contribution >= 4 is 12.1 Å². The van der Waals surface area contributed by atoms with E-state index in [-0.39, 0.29) is 6.04 Å². The molecule has 1 aromatic heterocycles. The van der Waals surface area contributed by atoms with Gasteiger partial charge in [-0.3, -0.25) is 9.67 Å². The fourth-order valence-electron chi connectivity index (χ4n) is 3.17. The maximum absolute atomic E-state index is 12.0. The van der Waals surface area contributed by atoms with Crippen molar-refractivity contribution in [2.75, 3.05) is 19.6 Å². The Bertz CT molecular complexity index is 691. The lowest BCUT2D eigenvalue weighted by Crippen LogP contribution is -2.49. The third kappa shape index (κ3) is 9.50. The number of aromatic nitrogens is 2. The largest absolute Gasteiger partial charge is 0.444 e. The number of aryl methyl sites for hydroxylation is 2. The minimum Gasteiger partial charge on any atom is -0.444 e. The van der Waals surface area contributed by atoms with E-state index >= 15 is 0 Å². The summed E-state index contributed by atoms with van der Waals surface area (Å²) in [4.78, 5) is 16.8. The number of alkyl carbamates (subject to hydrolysis) is 1. The molecule has 8 nitrogen and oxygen atoms in total. The molecule has 1 heterocycles. The van der Waals surface area contributed by atoms with E-state index in [4.69, 9.17) is 9.73 Å². The van der Waals surface area contributed by atoms with Gasteiger partial charge in [0.2, 0.25) is 0 Å². The highest BCUT2D eigenvalue weighted by atomic mass is 16.6. The summed E-state index contributed by atoms with van der Waals surface area (Å²) in [5.74, 6) is 0.767. The van der Waals surface area contributed by atoms with Crippen LogP contribution in [0.25, 0.3) is 0 Å². The van der Waals surface area contributed by atoms with Gasteiger partial charge in [0.25, 0.3) is 0 Å². The van der Waals surface area contributed by atoms with Crippen LogP contribution in [0.1, 0.15) is 70.8 Å². The number of nitrogens with zero attached hydrogens (tertiary/aromatic N) is 3. The molecule has 172 valence electrons. The van der Waals surface area contributed by atoms with Crippen molar-refractivity contribution in [3.05, 3.63) is 17.0 Å². The molecule has 0 spiro atoms. The lowest BCUT2D eigenvalue weighted by atomic mass is 10.1. The van der Waals surface area contributed by atoms with Crippen LogP contribution in [0.3, 0.4) is 0 Å². The second-order valence-electron chi connectivity index (χ2n) is 8.65. The number of nitrogens with one attached hydrogen (secondary N) is 3. The molecule has 3 N–H and O–H groups in total. The number of ether oxygens (including phenoxy) is 1. The number of hydrogen-bond donors (Lipinski definition) is 3. The van der Waals surface area contributed by atoms with Crippen molar-refractivity contribution in [1.29, 1.82) is 0 Å². The third-order valence-electron chi connectivity index (χ3n) is 4.77. The van der Waals surface area contributed by atoms with E-state index in [1.807, 2.05) is 46.3 Å². The monoisotopic (exact) mass is 422 g/mol. The molecule has 8 heteroatoms. The van der Waals surface area contributed by atoms with Crippen LogP contribution in [0, 0.1) is 13.8 Å². The first kappa shape index (κ1) is 25.8. The molecule has 0 saturated heterocycles. The van der Waals surface area contributed by atoms with Crippen molar-refractivity contribution in [3.63, 3.8) is 0 Å². The van der Waals surface area contributed by atoms with Crippen molar-refractivity contribution < 1.29 is 9.53 Å². The van der Waals surface area contributed by atoms with Crippen LogP contribution < -0.4 is 16.0 Å². The molecule has 30 heavy (non-hydrogen) atoms. The molecule has 0 aliphatic carbocycles. The molecular formula is C22H42N6O2. The van der Waals surface area contributed by atoms with Crippen LogP contribution in [0.4, 0.5) is 4.79 Å². The topological polar surface area (TPSA) is 92.6 Å². The van der Waals surface area contributed by atoms with Gasteiger partial charge in [-0.05, 0) is 59.9 Å². The Morgan fingerprint density at radius 2 is 1.93 bits per heavy atom. The first-order chi connectivity index (χ1) is 14.1. The normalized spacial score (nSPS) is 13.1. The second-order valence-corrected chi connectivity index (χ2v) is 8.65. The predicted molar refractivity (Wildman–Crippen MR) is 123 cm³/mol. The molecule has 0 aliphatic rings. The Balaban J connectivity index is 2.72. The summed E-state index contributed by atoms with van der Waals surface area (Å²) >= 11 is 0. The predicted octanol–water partition coefficient (Wildman–Crippen LogP) is 3.22. The maximum atomic E-state index is 12.0. The number of rotatable bonds is 10. The summed E-state index contributed by atoms with van der Waals surface area (Å²) in [7, 11) is 1.97. The van der Waals surface area contributed by atoms with E-state index in [2.05, 4.69) is 34.9 Å². The standard InChI is InChI=1S/C22H42N6O2/c1-9-11-12-18(15-25-21(29)30-22(5,6)7)26-20(23-10-2)24-14-13-19-16(3)27-28(8)17(19)4/h18H,9-15H2,1-8H3,(H,25,29)(H2,23,24,26). The number of hydrogen-bond acceptors (Lipinski definition) is 4. The van der Waals surface area contributed by atoms with E-state index in [0.29, 0.717) is 13.1 Å². The van der Waals surface area contributed by atoms with Crippen LogP contribution >= 0.6 is 0 Å². The quantitative estimate of drug-likeness (QED) is 0.398. The van der Waals surface area contributed by atoms with Crippen molar-refractivity contribution in [2.24, 2.45) is 12.0 Å². The number of carbonyl (C=O) groups excluding carboxylic acids is 1. The first-order valence-corrected chi connectivity index (χ1v) is 11.1. The molecule has 1 rings (SSSR count). The van der Waals surface area contributed by atoms with E-state index < -0.39 is 11.7 Å². The smallest absolute Gasteiger partial charge is 0.407 e. The molecule has 0 saturated carbocycles. The fourth-order valence-corrected chi connectivity index (χ4v) is 3.17. The number of carbonyl (C=O) groups is 1. The minimum atomic E-state index is -0.505. The summed E-state index contributed by atoms with van der Waals surface area (Å²) in [6.45, 7) is 15.9. The Labute approximate surface area is 182 Å². The Kier molecular flexibility index (Phi) is 10.7. The summed E-state index contributed by atoms with van der Waals surface area (Å²) < 4.78 is 7.27. The van der Waals surface area contributed by atoms with E-state index in [1.165, 1.54) is 11.3 Å². The highest BCUT2D eigenvalue weighted by Crippen LogP contribution is 2.12. The molecule has 1 atom stereocenters. The second kappa shape index (κ2) is 12.4. The van der Waals surface area contributed by atoms with Crippen LogP contribution in [-0.2, 0) is 18.2 Å². The Morgan fingerprint density at radius 1 is 1.23 bits per heavy atom. The minimum absolute atomic E-state index is 0.0807. The van der Waals surface area contributed by atoms with Gasteiger partial charge in [-0.25, -0.2) is 4.79 Å². The van der Waals surface area contributed by atoms with Crippen LogP contribution in [0.15, 0.2) is 4.99 Å². The van der Waals surface area contributed by atoms with Crippen LogP contribution in [0.5, 0.6) is 0 Å². The van der Waals surface area contributed by atoms with Crippen LogP contribution in [0.2, 0.25) is 0 Å². The van der Waals surface area contributed by atoms with E-state index in [9.17, 15) is 4.79 Å². The Hall–Kier alpha value is -2.25. The molecule has 1 unspecified atom stereocenters. The lowest BCUT2D eigenvalue weighted by molar-refractivity contribution is 0.0522. The van der Waals surface area contributed by atoms with Gasteiger partial charge in [-0.1, -0.05) is 19.8 Å². The number of amides is 1. The maximum Gasteiger partial charge on any atom is 0.407 e. The fraction of sp³-hybridized carbons (Fsp3) is 0.773. The van der Waals surface area contributed by atoms with Crippen molar-refractivity contribution in [2.45, 2.75) is 85.8 Å². The van der Waals surface area contributed by atoms with Crippen molar-refractivity contribution in [1.82, 2.24) is 25.7 Å². The average Bonchev–Trinajstić information content (AvgIpc) is 2.88. The molecule has 0 aromatic carbocycles. The molecule has 0 fully saturated rings. The van der Waals surface area contributed by atoms with Gasteiger partial charge in [0, 0.05) is 38.4 Å². The Morgan fingerprint density at radius 3 is 2.47 bits per heavy atom. The van der Waals surface area contributed by atoms with Gasteiger partial charge in [0.1, 0.15) is 5.60 Å². The van der Waals surface area contributed by atoms with E-state index in [1.54, 1.807) is 0 Å². The molecule has 0 bridgehead atoms. The van der Waals surface area contributed by atoms with Gasteiger partial charge in [-0.15, -0.1) is 0 Å². The number of aliphatic imine (C=N–C) groups is 1. The lowest BCUT2D eigenvalue weighted by Gasteiger charge is -2.24. The van der Waals surface area contributed by atoms with Gasteiger partial charge in [0.05, 0.1) is 5.69 Å². The highest BCUT2D eigenvalue weighted by Gasteiger charge is 2.18. The highest BCUT2D eigenvalue weighted by molar-refractivity contribution is 5.80. The summed E-state index contributed by atoms with van der Waals surface area (Å²) in [6.07, 6.45) is 3.56. The number of unbranched alkanes of at least 4 members (excludes halogenated alkanes) is 1. The van der Waals surface area contributed by atoms with Gasteiger partial charge < -0.3 is 20.7 Å². The zero-order chi connectivity index (χ0) is 22.7. The van der Waals surface area contributed by atoms with Gasteiger partial charge in [0.15, 0.2) is 5.96 Å². The third-order valence-corrected chi connectivity index (χ3v) is 4.77. The SMILES string of the molecule is CCCCC(CNC(=O)OC(C)(C)C)NC(=NCCc1c(C)nn(C)c1C)NCC. The molecule has 0 radical (unpaired) electrons. The summed E-state index contributed by atoms with van der Waals surface area (Å²) in [6, 6.07) is 0.0807. The van der Waals surface area contributed by atoms with Crippen molar-refractivity contribution in [3.8, 4) is 0 Å². The van der Waals surface area contributed by atoms with Gasteiger partial charge in [-0.2, -0.15) is 5.10 Å². The number of guanidine groups is 1. The summed E-state index contributed by atoms with van der Waals surface area (Å²) in [5.41, 5.74) is 3.00. The molecule has 1 aromatic rings. The van der Waals surface area contributed by atoms with Gasteiger partial charge >= 0.3 is 6.09 Å². The first-order valence-electron chi connectivity index (χ1n) is 11.1. The zero-order valence-corrected chi connectivity index (χ0v) is 20.2. The molecule has 1 amide bonds. The van der Waals surface area contributed by atoms with Crippen LogP contribution in [-0.4, -0.2) is 53.1 Å². The van der Waals surface area contributed by atoms with E-state index in [0.717, 1.165) is 43.9 Å².